The maximum atomic E-state index is 12.8. The summed E-state index contributed by atoms with van der Waals surface area (Å²) in [5, 5.41) is 5.05. The molecule has 0 unspecified atom stereocenters. The number of nitrogens with one attached hydrogen (secondary N) is 2. The standard InChI is InChI=1S/C26H33F3N4O2/c1-2-3-4-5-6-10-24(34)33-17-15-32(16-18-33)23-13-11-21(12-14-23)30-25(35)31-22-9-7-8-20(19-22)26(27,28)29/h7-9,11-14,19H,2-6,10,15-18H2,1H3,(H2,30,31,35). The fourth-order valence-corrected chi connectivity index (χ4v) is 4.07. The maximum Gasteiger partial charge on any atom is 0.416 e. The molecule has 1 aliphatic heterocycles. The van der Waals surface area contributed by atoms with E-state index in [4.69, 9.17) is 0 Å². The third-order valence-electron chi connectivity index (χ3n) is 6.06. The number of unbranched alkanes of at least 4 members (excludes halogenated alkanes) is 4. The lowest BCUT2D eigenvalue weighted by molar-refractivity contribution is -0.137. The summed E-state index contributed by atoms with van der Waals surface area (Å²) in [6.07, 6.45) is 1.81. The minimum Gasteiger partial charge on any atom is -0.368 e. The first-order valence-electron chi connectivity index (χ1n) is 12.1. The van der Waals surface area contributed by atoms with Crippen LogP contribution in [0.5, 0.6) is 0 Å². The molecule has 0 bridgehead atoms. The SMILES string of the molecule is CCCCCCCC(=O)N1CCN(c2ccc(NC(=O)Nc3cccc(C(F)(F)F)c3)cc2)CC1. The molecule has 0 atom stereocenters. The molecule has 9 heteroatoms. The third-order valence-corrected chi connectivity index (χ3v) is 6.06. The van der Waals surface area contributed by atoms with Crippen molar-refractivity contribution in [1.82, 2.24) is 4.90 Å². The van der Waals surface area contributed by atoms with Crippen LogP contribution in [0.2, 0.25) is 0 Å². The highest BCUT2D eigenvalue weighted by atomic mass is 19.4. The maximum absolute atomic E-state index is 12.8. The van der Waals surface area contributed by atoms with Gasteiger partial charge in [0.2, 0.25) is 5.91 Å². The lowest BCUT2D eigenvalue weighted by Gasteiger charge is -2.36. The van der Waals surface area contributed by atoms with E-state index in [1.807, 2.05) is 17.0 Å². The second-order valence-corrected chi connectivity index (χ2v) is 8.74. The van der Waals surface area contributed by atoms with Crippen molar-refractivity contribution in [2.75, 3.05) is 41.7 Å². The number of hydrogen-bond donors (Lipinski definition) is 2. The average molecular weight is 491 g/mol. The highest BCUT2D eigenvalue weighted by molar-refractivity contribution is 5.99. The molecular weight excluding hydrogens is 457 g/mol. The van der Waals surface area contributed by atoms with E-state index in [2.05, 4.69) is 22.5 Å². The molecule has 0 saturated carbocycles. The number of halogens is 3. The zero-order valence-corrected chi connectivity index (χ0v) is 20.0. The Morgan fingerprint density at radius 2 is 1.51 bits per heavy atom. The van der Waals surface area contributed by atoms with Crippen LogP contribution in [0, 0.1) is 0 Å². The first kappa shape index (κ1) is 26.4. The van der Waals surface area contributed by atoms with E-state index in [1.54, 1.807) is 12.1 Å². The van der Waals surface area contributed by atoms with Crippen LogP contribution in [0.4, 0.5) is 35.0 Å². The Kier molecular flexibility index (Phi) is 9.39. The molecule has 0 spiro atoms. The van der Waals surface area contributed by atoms with Crippen LogP contribution in [-0.2, 0) is 11.0 Å². The van der Waals surface area contributed by atoms with Gasteiger partial charge in [0.15, 0.2) is 0 Å². The van der Waals surface area contributed by atoms with Gasteiger partial charge in [0.25, 0.3) is 0 Å². The minimum absolute atomic E-state index is 0.0577. The van der Waals surface area contributed by atoms with Crippen molar-refractivity contribution in [2.24, 2.45) is 0 Å². The number of nitrogens with zero attached hydrogens (tertiary/aromatic N) is 2. The Morgan fingerprint density at radius 3 is 2.17 bits per heavy atom. The summed E-state index contributed by atoms with van der Waals surface area (Å²) in [5.74, 6) is 0.229. The molecule has 0 radical (unpaired) electrons. The average Bonchev–Trinajstić information content (AvgIpc) is 2.84. The van der Waals surface area contributed by atoms with Crippen LogP contribution in [0.3, 0.4) is 0 Å². The van der Waals surface area contributed by atoms with E-state index in [9.17, 15) is 22.8 Å². The van der Waals surface area contributed by atoms with Crippen LogP contribution in [0.15, 0.2) is 48.5 Å². The van der Waals surface area contributed by atoms with E-state index < -0.39 is 17.8 Å². The molecule has 35 heavy (non-hydrogen) atoms. The molecule has 2 N–H and O–H groups in total. The smallest absolute Gasteiger partial charge is 0.368 e. The highest BCUT2D eigenvalue weighted by Gasteiger charge is 2.30. The van der Waals surface area contributed by atoms with Gasteiger partial charge in [-0.05, 0) is 48.9 Å². The van der Waals surface area contributed by atoms with Crippen LogP contribution < -0.4 is 15.5 Å². The molecular formula is C26H33F3N4O2. The van der Waals surface area contributed by atoms with Crippen molar-refractivity contribution in [3.05, 3.63) is 54.1 Å². The molecule has 6 nitrogen and oxygen atoms in total. The highest BCUT2D eigenvalue weighted by Crippen LogP contribution is 2.30. The number of rotatable bonds is 9. The summed E-state index contributed by atoms with van der Waals surface area (Å²) in [6.45, 7) is 5.03. The number of carbonyl (C=O) groups is 2. The topological polar surface area (TPSA) is 64.7 Å². The predicted molar refractivity (Wildman–Crippen MR) is 133 cm³/mol. The Bertz CT molecular complexity index is 971. The summed E-state index contributed by atoms with van der Waals surface area (Å²) in [6, 6.07) is 11.1. The molecule has 2 aromatic rings. The third kappa shape index (κ3) is 8.19. The van der Waals surface area contributed by atoms with Crippen molar-refractivity contribution in [1.29, 1.82) is 0 Å². The molecule has 3 amide bonds. The van der Waals surface area contributed by atoms with Crippen molar-refractivity contribution in [3.8, 4) is 0 Å². The number of piperazine rings is 1. The van der Waals surface area contributed by atoms with Gasteiger partial charge in [0.1, 0.15) is 0 Å². The fourth-order valence-electron chi connectivity index (χ4n) is 4.07. The molecule has 1 heterocycles. The molecule has 0 aliphatic carbocycles. The first-order valence-corrected chi connectivity index (χ1v) is 12.1. The molecule has 1 saturated heterocycles. The van der Waals surface area contributed by atoms with Crippen molar-refractivity contribution in [3.63, 3.8) is 0 Å². The van der Waals surface area contributed by atoms with Crippen LogP contribution >= 0.6 is 0 Å². The Hall–Kier alpha value is -3.23. The lowest BCUT2D eigenvalue weighted by Crippen LogP contribution is -2.48. The molecule has 1 fully saturated rings. The number of anilines is 3. The summed E-state index contributed by atoms with van der Waals surface area (Å²) in [7, 11) is 0. The Morgan fingerprint density at radius 1 is 0.857 bits per heavy atom. The number of carbonyl (C=O) groups excluding carboxylic acids is 2. The predicted octanol–water partition coefficient (Wildman–Crippen LogP) is 6.36. The lowest BCUT2D eigenvalue weighted by atomic mass is 10.1. The van der Waals surface area contributed by atoms with Gasteiger partial charge in [-0.1, -0.05) is 38.7 Å². The second-order valence-electron chi connectivity index (χ2n) is 8.74. The summed E-state index contributed by atoms with van der Waals surface area (Å²) in [5.41, 5.74) is 0.742. The van der Waals surface area contributed by atoms with Crippen molar-refractivity contribution < 1.29 is 22.8 Å². The van der Waals surface area contributed by atoms with E-state index >= 15 is 0 Å². The molecule has 0 aromatic heterocycles. The van der Waals surface area contributed by atoms with Gasteiger partial charge in [0.05, 0.1) is 5.56 Å². The number of alkyl halides is 3. The normalized spacial score (nSPS) is 14.1. The summed E-state index contributed by atoms with van der Waals surface area (Å²) >= 11 is 0. The number of urea groups is 1. The van der Waals surface area contributed by atoms with E-state index in [-0.39, 0.29) is 11.6 Å². The fraction of sp³-hybridized carbons (Fsp3) is 0.462. The van der Waals surface area contributed by atoms with Gasteiger partial charge in [-0.25, -0.2) is 4.79 Å². The van der Waals surface area contributed by atoms with Crippen molar-refractivity contribution >= 4 is 29.0 Å². The van der Waals surface area contributed by atoms with E-state index in [0.717, 1.165) is 43.8 Å². The zero-order valence-electron chi connectivity index (χ0n) is 20.0. The molecule has 190 valence electrons. The number of benzene rings is 2. The monoisotopic (exact) mass is 490 g/mol. The van der Waals surface area contributed by atoms with Gasteiger partial charge in [-0.2, -0.15) is 13.2 Å². The Labute approximate surface area is 204 Å². The quantitative estimate of drug-likeness (QED) is 0.402. The Balaban J connectivity index is 1.44. The van der Waals surface area contributed by atoms with Crippen molar-refractivity contribution in [2.45, 2.75) is 51.6 Å². The number of amides is 3. The first-order chi connectivity index (χ1) is 16.8. The van der Waals surface area contributed by atoms with Crippen LogP contribution in [0.25, 0.3) is 0 Å². The van der Waals surface area contributed by atoms with Gasteiger partial charge >= 0.3 is 12.2 Å². The summed E-state index contributed by atoms with van der Waals surface area (Å²) < 4.78 is 38.5. The molecule has 3 rings (SSSR count). The molecule has 1 aliphatic rings. The zero-order chi connectivity index (χ0) is 25.3. The van der Waals surface area contributed by atoms with Crippen LogP contribution in [0.1, 0.15) is 51.0 Å². The van der Waals surface area contributed by atoms with Crippen LogP contribution in [-0.4, -0.2) is 43.0 Å². The second kappa shape index (κ2) is 12.5. The van der Waals surface area contributed by atoms with Gasteiger partial charge < -0.3 is 20.4 Å². The molecule has 2 aromatic carbocycles. The van der Waals surface area contributed by atoms with Gasteiger partial charge in [-0.3, -0.25) is 4.79 Å². The van der Waals surface area contributed by atoms with Gasteiger partial charge in [-0.15, -0.1) is 0 Å². The number of hydrogen-bond acceptors (Lipinski definition) is 3. The van der Waals surface area contributed by atoms with Gasteiger partial charge in [0, 0.05) is 49.7 Å². The summed E-state index contributed by atoms with van der Waals surface area (Å²) in [4.78, 5) is 28.8. The largest absolute Gasteiger partial charge is 0.416 e. The van der Waals surface area contributed by atoms with E-state index in [1.165, 1.54) is 31.4 Å². The minimum atomic E-state index is -4.48. The van der Waals surface area contributed by atoms with E-state index in [0.29, 0.717) is 25.2 Å².